The minimum absolute atomic E-state index is 0.0123. The number of rotatable bonds is 19. The third-order valence-electron chi connectivity index (χ3n) is 7.67. The molecule has 7 N–H and O–H groups in total. The largest absolute Gasteiger partial charge is 0.494 e. The summed E-state index contributed by atoms with van der Waals surface area (Å²) >= 11 is 0. The van der Waals surface area contributed by atoms with Crippen molar-refractivity contribution < 1.29 is 61.4 Å². The number of benzene rings is 4. The van der Waals surface area contributed by atoms with Crippen molar-refractivity contribution in [1.29, 1.82) is 0 Å². The standard InChI is InChI=1S/C33H34N10O14S4/c1-20(59(47,48)49)34-31-37-32(35-25-13-11-22(18-28(25)56-2)41-40-21-7-5-8-24(17-21)60(50,51)52)39-33(38-31)36-26-14-12-23(19-29(26)57-15-6-16-58(44,45)46)42-43-27-9-3-4-10-30(27)61(53,54)55/h3-5,7-14,17-20H,6,15-16H2,1-2H3,(H,44,45,46)(H,47,48,49)(H,50,51,52)(H,53,54,55)(H3,34,35,36,37,38,39). The van der Waals surface area contributed by atoms with E-state index >= 15 is 0 Å². The highest BCUT2D eigenvalue weighted by molar-refractivity contribution is 7.86. The van der Waals surface area contributed by atoms with Crippen molar-refractivity contribution >= 4 is 92.4 Å². The lowest BCUT2D eigenvalue weighted by molar-refractivity contribution is 0.317. The van der Waals surface area contributed by atoms with Gasteiger partial charge in [-0.1, -0.05) is 18.2 Å². The predicted octanol–water partition coefficient (Wildman–Crippen LogP) is 5.99. The molecule has 0 aliphatic carbocycles. The van der Waals surface area contributed by atoms with Gasteiger partial charge in [0.2, 0.25) is 17.8 Å². The molecule has 0 fully saturated rings. The molecule has 28 heteroatoms. The van der Waals surface area contributed by atoms with Crippen LogP contribution in [0.15, 0.2) is 115 Å². The molecule has 4 aromatic carbocycles. The van der Waals surface area contributed by atoms with Crippen LogP contribution in [0, 0.1) is 0 Å². The van der Waals surface area contributed by atoms with Gasteiger partial charge in [0.25, 0.3) is 40.5 Å². The number of nitrogens with one attached hydrogen (secondary N) is 3. The second-order valence-electron chi connectivity index (χ2n) is 12.2. The Morgan fingerprint density at radius 3 is 1.77 bits per heavy atom. The summed E-state index contributed by atoms with van der Waals surface area (Å²) < 4.78 is 142. The zero-order valence-corrected chi connectivity index (χ0v) is 34.7. The highest BCUT2D eigenvalue weighted by Crippen LogP contribution is 2.35. The lowest BCUT2D eigenvalue weighted by Gasteiger charge is -2.16. The van der Waals surface area contributed by atoms with Crippen LogP contribution in [0.2, 0.25) is 0 Å². The Balaban J connectivity index is 1.48. The quantitative estimate of drug-likeness (QED) is 0.0284. The summed E-state index contributed by atoms with van der Waals surface area (Å²) in [4.78, 5) is 11.8. The molecular formula is C33H34N10O14S4. The van der Waals surface area contributed by atoms with E-state index in [1.165, 1.54) is 79.9 Å². The van der Waals surface area contributed by atoms with Gasteiger partial charge in [0.05, 0.1) is 52.8 Å². The first-order chi connectivity index (χ1) is 28.6. The topological polar surface area (TPSA) is 360 Å². The third kappa shape index (κ3) is 13.6. The number of nitrogens with zero attached hydrogens (tertiary/aromatic N) is 7. The van der Waals surface area contributed by atoms with Gasteiger partial charge in [-0.2, -0.15) is 64.0 Å². The Kier molecular flexibility index (Phi) is 14.2. The average molecular weight is 923 g/mol. The van der Waals surface area contributed by atoms with E-state index in [1.807, 2.05) is 0 Å². The smallest absolute Gasteiger partial charge is 0.296 e. The highest BCUT2D eigenvalue weighted by atomic mass is 32.2. The van der Waals surface area contributed by atoms with Gasteiger partial charge < -0.3 is 25.4 Å². The molecule has 0 aliphatic rings. The van der Waals surface area contributed by atoms with Crippen molar-refractivity contribution in [2.75, 3.05) is 35.4 Å². The maximum atomic E-state index is 11.9. The highest BCUT2D eigenvalue weighted by Gasteiger charge is 2.21. The molecule has 0 spiro atoms. The fourth-order valence-corrected chi connectivity index (χ4v) is 6.69. The van der Waals surface area contributed by atoms with E-state index in [-0.39, 0.29) is 81.4 Å². The van der Waals surface area contributed by atoms with Crippen LogP contribution in [0.5, 0.6) is 11.5 Å². The van der Waals surface area contributed by atoms with Gasteiger partial charge in [0.1, 0.15) is 22.1 Å². The molecule has 1 aromatic heterocycles. The SMILES string of the molecule is COc1cc(N=Nc2cccc(S(=O)(=O)O)c2)ccc1Nc1nc(Nc2ccc(N=Nc3ccccc3S(=O)(=O)O)cc2OCCCS(=O)(=O)O)nc(NC(C)S(=O)(=O)O)n1. The first-order valence-electron chi connectivity index (χ1n) is 17.0. The van der Waals surface area contributed by atoms with Gasteiger partial charge in [-0.3, -0.25) is 18.2 Å². The van der Waals surface area contributed by atoms with Crippen molar-refractivity contribution in [3.05, 3.63) is 84.9 Å². The molecule has 1 heterocycles. The number of hydrogen-bond donors (Lipinski definition) is 7. The number of aromatic nitrogens is 3. The van der Waals surface area contributed by atoms with Crippen LogP contribution in [-0.2, 0) is 40.5 Å². The molecule has 5 aromatic rings. The van der Waals surface area contributed by atoms with E-state index in [0.717, 1.165) is 19.1 Å². The molecule has 0 bridgehead atoms. The Morgan fingerprint density at radius 1 is 0.639 bits per heavy atom. The zero-order chi connectivity index (χ0) is 44.6. The fourth-order valence-electron chi connectivity index (χ4n) is 4.81. The van der Waals surface area contributed by atoms with Crippen LogP contribution in [0.1, 0.15) is 13.3 Å². The summed E-state index contributed by atoms with van der Waals surface area (Å²) in [7, 11) is -16.8. The molecule has 0 radical (unpaired) electrons. The van der Waals surface area contributed by atoms with Crippen molar-refractivity contribution in [2.24, 2.45) is 20.5 Å². The van der Waals surface area contributed by atoms with Crippen molar-refractivity contribution in [2.45, 2.75) is 28.5 Å². The number of methoxy groups -OCH3 is 1. The van der Waals surface area contributed by atoms with Crippen LogP contribution >= 0.6 is 0 Å². The average Bonchev–Trinajstić information content (AvgIpc) is 3.17. The summed E-state index contributed by atoms with van der Waals surface area (Å²) in [5, 5.41) is 22.7. The van der Waals surface area contributed by atoms with Gasteiger partial charge in [0, 0.05) is 12.1 Å². The van der Waals surface area contributed by atoms with E-state index in [4.69, 9.17) is 14.0 Å². The third-order valence-corrected chi connectivity index (χ3v) is 11.2. The van der Waals surface area contributed by atoms with Crippen LogP contribution in [0.25, 0.3) is 0 Å². The van der Waals surface area contributed by atoms with Gasteiger partial charge in [-0.15, -0.1) is 5.11 Å². The number of anilines is 5. The van der Waals surface area contributed by atoms with E-state index < -0.39 is 56.5 Å². The molecule has 5 rings (SSSR count). The predicted molar refractivity (Wildman–Crippen MR) is 218 cm³/mol. The molecule has 0 amide bonds. The van der Waals surface area contributed by atoms with Crippen LogP contribution < -0.4 is 25.4 Å². The Labute approximate surface area is 348 Å². The maximum absolute atomic E-state index is 11.9. The molecule has 1 atom stereocenters. The van der Waals surface area contributed by atoms with Gasteiger partial charge >= 0.3 is 0 Å². The molecule has 1 unspecified atom stereocenters. The van der Waals surface area contributed by atoms with Gasteiger partial charge in [0.15, 0.2) is 5.37 Å². The first kappa shape index (κ1) is 45.8. The van der Waals surface area contributed by atoms with Crippen molar-refractivity contribution in [3.63, 3.8) is 0 Å². The summed E-state index contributed by atoms with van der Waals surface area (Å²) in [6.45, 7) is 0.866. The summed E-state index contributed by atoms with van der Waals surface area (Å²) in [5.74, 6) is -1.30. The second-order valence-corrected chi connectivity index (χ2v) is 18.3. The lowest BCUT2D eigenvalue weighted by atomic mass is 10.2. The number of ether oxygens (including phenoxy) is 2. The van der Waals surface area contributed by atoms with E-state index in [2.05, 4.69) is 51.4 Å². The number of azo groups is 2. The normalized spacial score (nSPS) is 13.0. The molecule has 0 aliphatic heterocycles. The van der Waals surface area contributed by atoms with E-state index in [1.54, 1.807) is 0 Å². The fraction of sp³-hybridized carbons (Fsp3) is 0.182. The van der Waals surface area contributed by atoms with Crippen molar-refractivity contribution in [1.82, 2.24) is 15.0 Å². The Morgan fingerprint density at radius 2 is 1.20 bits per heavy atom. The summed E-state index contributed by atoms with van der Waals surface area (Å²) in [6, 6.07) is 18.9. The van der Waals surface area contributed by atoms with E-state index in [0.29, 0.717) is 0 Å². The minimum Gasteiger partial charge on any atom is -0.494 e. The molecule has 324 valence electrons. The van der Waals surface area contributed by atoms with E-state index in [9.17, 15) is 47.3 Å². The molecular weight excluding hydrogens is 889 g/mol. The monoisotopic (exact) mass is 922 g/mol. The van der Waals surface area contributed by atoms with Crippen LogP contribution in [0.4, 0.5) is 52.0 Å². The molecule has 24 nitrogen and oxygen atoms in total. The molecule has 0 saturated carbocycles. The zero-order valence-electron chi connectivity index (χ0n) is 31.4. The Bertz CT molecular complexity index is 2940. The van der Waals surface area contributed by atoms with Crippen LogP contribution in [0.3, 0.4) is 0 Å². The maximum Gasteiger partial charge on any atom is 0.296 e. The summed E-state index contributed by atoms with van der Waals surface area (Å²) in [6.07, 6.45) is -0.156. The van der Waals surface area contributed by atoms with Crippen molar-refractivity contribution in [3.8, 4) is 11.5 Å². The molecule has 61 heavy (non-hydrogen) atoms. The summed E-state index contributed by atoms with van der Waals surface area (Å²) in [5.41, 5.74) is 0.624. The van der Waals surface area contributed by atoms with Crippen LogP contribution in [-0.4, -0.2) is 91.7 Å². The van der Waals surface area contributed by atoms with Gasteiger partial charge in [-0.05, 0) is 67.9 Å². The lowest BCUT2D eigenvalue weighted by Crippen LogP contribution is -2.27. The Hall–Kier alpha value is -6.27. The number of hydrogen-bond acceptors (Lipinski definition) is 20. The second kappa shape index (κ2) is 19.0. The molecule has 0 saturated heterocycles. The minimum atomic E-state index is -4.65. The van der Waals surface area contributed by atoms with Gasteiger partial charge in [-0.25, -0.2) is 0 Å². The first-order valence-corrected chi connectivity index (χ1v) is 23.0.